The lowest BCUT2D eigenvalue weighted by molar-refractivity contribution is 0.102. The summed E-state index contributed by atoms with van der Waals surface area (Å²) in [6.45, 7) is 4.75. The van der Waals surface area contributed by atoms with Crippen LogP contribution in [-0.4, -0.2) is 60.4 Å². The fraction of sp³-hybridized carbons (Fsp3) is 0.368. The second-order valence-corrected chi connectivity index (χ2v) is 8.73. The summed E-state index contributed by atoms with van der Waals surface area (Å²) < 4.78 is 25.5. The molecule has 0 saturated carbocycles. The van der Waals surface area contributed by atoms with Crippen molar-refractivity contribution in [3.8, 4) is 0 Å². The second kappa shape index (κ2) is 8.60. The summed E-state index contributed by atoms with van der Waals surface area (Å²) in [6.07, 6.45) is 3.26. The normalized spacial score (nSPS) is 16.2. The van der Waals surface area contributed by atoms with Crippen molar-refractivity contribution in [1.29, 1.82) is 0 Å². The number of piperazine rings is 1. The molecule has 1 aromatic heterocycles. The van der Waals surface area contributed by atoms with Crippen molar-refractivity contribution >= 4 is 21.6 Å². The Morgan fingerprint density at radius 2 is 1.93 bits per heavy atom. The molecule has 8 heteroatoms. The number of amides is 1. The summed E-state index contributed by atoms with van der Waals surface area (Å²) >= 11 is 0. The maximum Gasteiger partial charge on any atom is 0.255 e. The Labute approximate surface area is 160 Å². The zero-order valence-electron chi connectivity index (χ0n) is 15.3. The number of nitrogens with one attached hydrogen (secondary N) is 1. The zero-order chi connectivity index (χ0) is 19.3. The fourth-order valence-corrected chi connectivity index (χ4v) is 4.14. The third-order valence-electron chi connectivity index (χ3n) is 4.60. The number of anilines is 1. The van der Waals surface area contributed by atoms with Crippen molar-refractivity contribution < 1.29 is 13.2 Å². The number of hydrogen-bond donors (Lipinski definition) is 1. The van der Waals surface area contributed by atoms with Gasteiger partial charge in [-0.1, -0.05) is 12.1 Å². The molecule has 1 amide bonds. The van der Waals surface area contributed by atoms with E-state index in [0.717, 1.165) is 5.56 Å². The van der Waals surface area contributed by atoms with Crippen molar-refractivity contribution in [2.45, 2.75) is 13.5 Å². The van der Waals surface area contributed by atoms with E-state index in [9.17, 15) is 13.2 Å². The highest BCUT2D eigenvalue weighted by Gasteiger charge is 2.25. The van der Waals surface area contributed by atoms with Gasteiger partial charge in [-0.2, -0.15) is 4.31 Å². The van der Waals surface area contributed by atoms with Gasteiger partial charge in [-0.15, -0.1) is 0 Å². The summed E-state index contributed by atoms with van der Waals surface area (Å²) in [5, 5.41) is 2.83. The van der Waals surface area contributed by atoms with Crippen LogP contribution in [0.3, 0.4) is 0 Å². The molecular formula is C19H24N4O3S. The van der Waals surface area contributed by atoms with Crippen molar-refractivity contribution in [2.75, 3.05) is 37.2 Å². The highest BCUT2D eigenvalue weighted by molar-refractivity contribution is 7.89. The average molecular weight is 388 g/mol. The minimum Gasteiger partial charge on any atom is -0.321 e. The average Bonchev–Trinajstić information content (AvgIpc) is 2.69. The van der Waals surface area contributed by atoms with Crippen molar-refractivity contribution in [3.05, 3.63) is 59.9 Å². The molecule has 7 nitrogen and oxygen atoms in total. The molecule has 1 N–H and O–H groups in total. The largest absolute Gasteiger partial charge is 0.321 e. The molecule has 3 rings (SSSR count). The lowest BCUT2D eigenvalue weighted by Crippen LogP contribution is -2.48. The van der Waals surface area contributed by atoms with Gasteiger partial charge in [0, 0.05) is 44.5 Å². The summed E-state index contributed by atoms with van der Waals surface area (Å²) in [7, 11) is -3.12. The van der Waals surface area contributed by atoms with Crippen molar-refractivity contribution in [2.24, 2.45) is 0 Å². The lowest BCUT2D eigenvalue weighted by atomic mass is 10.1. The molecule has 0 aliphatic carbocycles. The molecule has 1 aromatic carbocycles. The molecule has 1 fully saturated rings. The number of sulfonamides is 1. The number of carbonyl (C=O) groups is 1. The smallest absolute Gasteiger partial charge is 0.255 e. The van der Waals surface area contributed by atoms with Gasteiger partial charge in [-0.3, -0.25) is 14.7 Å². The van der Waals surface area contributed by atoms with E-state index in [4.69, 9.17) is 0 Å². The van der Waals surface area contributed by atoms with Gasteiger partial charge < -0.3 is 5.32 Å². The quantitative estimate of drug-likeness (QED) is 0.816. The lowest BCUT2D eigenvalue weighted by Gasteiger charge is -2.33. The summed E-state index contributed by atoms with van der Waals surface area (Å²) in [5.41, 5.74) is 2.27. The first kappa shape index (κ1) is 19.5. The van der Waals surface area contributed by atoms with Gasteiger partial charge in [0.15, 0.2) is 0 Å². The third-order valence-corrected chi connectivity index (χ3v) is 6.49. The van der Waals surface area contributed by atoms with Gasteiger partial charge in [0.2, 0.25) is 10.0 Å². The first-order valence-corrected chi connectivity index (χ1v) is 10.6. The minimum atomic E-state index is -3.12. The van der Waals surface area contributed by atoms with Crippen LogP contribution in [0.4, 0.5) is 5.69 Å². The van der Waals surface area contributed by atoms with E-state index in [-0.39, 0.29) is 11.7 Å². The van der Waals surface area contributed by atoms with Gasteiger partial charge in [0.25, 0.3) is 5.91 Å². The van der Waals surface area contributed by atoms with E-state index < -0.39 is 10.0 Å². The summed E-state index contributed by atoms with van der Waals surface area (Å²) in [4.78, 5) is 18.6. The van der Waals surface area contributed by atoms with Crippen molar-refractivity contribution in [3.63, 3.8) is 0 Å². The molecule has 27 heavy (non-hydrogen) atoms. The Morgan fingerprint density at radius 3 is 2.59 bits per heavy atom. The van der Waals surface area contributed by atoms with Crippen LogP contribution >= 0.6 is 0 Å². The number of nitrogens with zero attached hydrogens (tertiary/aromatic N) is 3. The Morgan fingerprint density at radius 1 is 1.15 bits per heavy atom. The zero-order valence-corrected chi connectivity index (χ0v) is 16.2. The van der Waals surface area contributed by atoms with E-state index in [1.807, 2.05) is 18.2 Å². The van der Waals surface area contributed by atoms with Gasteiger partial charge in [0.1, 0.15) is 0 Å². The summed E-state index contributed by atoms with van der Waals surface area (Å²) in [5.74, 6) is -0.0372. The molecule has 0 atom stereocenters. The number of aromatic nitrogens is 1. The Balaban J connectivity index is 1.59. The number of pyridine rings is 1. The molecule has 0 unspecified atom stereocenters. The van der Waals surface area contributed by atoms with Crippen LogP contribution in [0.25, 0.3) is 0 Å². The molecule has 1 aliphatic heterocycles. The van der Waals surface area contributed by atoms with Crippen LogP contribution in [-0.2, 0) is 16.6 Å². The SMILES string of the molecule is CCS(=O)(=O)N1CCN(Cc2cccc(C(=O)Nc3cccnc3)c2)CC1. The standard InChI is InChI=1S/C19H24N4O3S/c1-2-27(25,26)23-11-9-22(10-12-23)15-16-5-3-6-17(13-16)19(24)21-18-7-4-8-20-14-18/h3-8,13-14H,2,9-12,15H2,1H3,(H,21,24). The van der Waals surface area contributed by atoms with Crippen LogP contribution in [0, 0.1) is 0 Å². The first-order valence-electron chi connectivity index (χ1n) is 8.98. The van der Waals surface area contributed by atoms with Crippen LogP contribution in [0.1, 0.15) is 22.8 Å². The van der Waals surface area contributed by atoms with Crippen LogP contribution in [0.5, 0.6) is 0 Å². The first-order chi connectivity index (χ1) is 13.0. The molecule has 144 valence electrons. The van der Waals surface area contributed by atoms with E-state index >= 15 is 0 Å². The topological polar surface area (TPSA) is 82.6 Å². The van der Waals surface area contributed by atoms with Gasteiger partial charge >= 0.3 is 0 Å². The highest BCUT2D eigenvalue weighted by Crippen LogP contribution is 2.14. The molecule has 2 aromatic rings. The van der Waals surface area contributed by atoms with E-state index in [1.165, 1.54) is 0 Å². The predicted molar refractivity (Wildman–Crippen MR) is 105 cm³/mol. The molecule has 0 radical (unpaired) electrons. The number of hydrogen-bond acceptors (Lipinski definition) is 5. The monoisotopic (exact) mass is 388 g/mol. The van der Waals surface area contributed by atoms with Crippen LogP contribution < -0.4 is 5.32 Å². The Hall–Kier alpha value is -2.29. The van der Waals surface area contributed by atoms with Crippen LogP contribution in [0.2, 0.25) is 0 Å². The van der Waals surface area contributed by atoms with Crippen molar-refractivity contribution in [1.82, 2.24) is 14.2 Å². The van der Waals surface area contributed by atoms with Gasteiger partial charge in [-0.05, 0) is 36.8 Å². The minimum absolute atomic E-state index is 0.140. The molecule has 0 bridgehead atoms. The predicted octanol–water partition coefficient (Wildman–Crippen LogP) is 1.80. The second-order valence-electron chi connectivity index (χ2n) is 6.47. The van der Waals surface area contributed by atoms with Gasteiger partial charge in [0.05, 0.1) is 17.6 Å². The van der Waals surface area contributed by atoms with Gasteiger partial charge in [-0.25, -0.2) is 8.42 Å². The maximum atomic E-state index is 12.4. The maximum absolute atomic E-state index is 12.4. The van der Waals surface area contributed by atoms with E-state index in [2.05, 4.69) is 15.2 Å². The van der Waals surface area contributed by atoms with E-state index in [0.29, 0.717) is 44.0 Å². The molecular weight excluding hydrogens is 364 g/mol. The third kappa shape index (κ3) is 5.12. The Bertz CT molecular complexity index is 879. The molecule has 0 spiro atoms. The Kier molecular flexibility index (Phi) is 6.20. The summed E-state index contributed by atoms with van der Waals surface area (Å²) in [6, 6.07) is 11.1. The molecule has 1 saturated heterocycles. The highest BCUT2D eigenvalue weighted by atomic mass is 32.2. The number of carbonyl (C=O) groups excluding carboxylic acids is 1. The number of benzene rings is 1. The van der Waals surface area contributed by atoms with E-state index in [1.54, 1.807) is 41.8 Å². The van der Waals surface area contributed by atoms with Crippen LogP contribution in [0.15, 0.2) is 48.8 Å². The number of rotatable bonds is 6. The molecule has 1 aliphatic rings. The molecule has 2 heterocycles. The fourth-order valence-electron chi connectivity index (χ4n) is 3.06.